The summed E-state index contributed by atoms with van der Waals surface area (Å²) in [5, 5.41) is 13.2. The molecule has 0 aliphatic carbocycles. The van der Waals surface area contributed by atoms with Gasteiger partial charge in [-0.05, 0) is 73.8 Å². The number of methoxy groups -OCH3 is 1. The molecule has 0 saturated carbocycles. The molecular weight excluding hydrogens is 481 g/mol. The molecule has 0 radical (unpaired) electrons. The van der Waals surface area contributed by atoms with Crippen molar-refractivity contribution in [3.05, 3.63) is 47.5 Å². The molecule has 8 heteroatoms. The quantitative estimate of drug-likeness (QED) is 0.314. The summed E-state index contributed by atoms with van der Waals surface area (Å²) in [6.07, 6.45) is 3.48. The summed E-state index contributed by atoms with van der Waals surface area (Å²) in [5.74, 6) is 1.77. The first-order valence-electron chi connectivity index (χ1n) is 12.2. The van der Waals surface area contributed by atoms with E-state index in [1.54, 1.807) is 24.6 Å². The number of hydrogen-bond donors (Lipinski definition) is 1. The van der Waals surface area contributed by atoms with E-state index in [2.05, 4.69) is 27.4 Å². The molecule has 1 fully saturated rings. The van der Waals surface area contributed by atoms with E-state index in [-0.39, 0.29) is 12.0 Å². The first kappa shape index (κ1) is 26.2. The monoisotopic (exact) mass is 517 g/mol. The van der Waals surface area contributed by atoms with Crippen molar-refractivity contribution in [1.82, 2.24) is 9.88 Å². The summed E-state index contributed by atoms with van der Waals surface area (Å²) >= 11 is 3.69. The van der Waals surface area contributed by atoms with E-state index in [4.69, 9.17) is 4.74 Å². The smallest absolute Gasteiger partial charge is 0.128 e. The molecule has 1 atom stereocenters. The van der Waals surface area contributed by atoms with E-state index < -0.39 is 6.17 Å². The van der Waals surface area contributed by atoms with Crippen LogP contribution in [-0.2, 0) is 0 Å². The van der Waals surface area contributed by atoms with Gasteiger partial charge >= 0.3 is 0 Å². The zero-order valence-corrected chi connectivity index (χ0v) is 22.5. The van der Waals surface area contributed by atoms with Gasteiger partial charge in [-0.3, -0.25) is 4.98 Å². The van der Waals surface area contributed by atoms with Gasteiger partial charge in [0.2, 0.25) is 0 Å². The number of hydrogen-bond acceptors (Lipinski definition) is 7. The Morgan fingerprint density at radius 1 is 1.29 bits per heavy atom. The van der Waals surface area contributed by atoms with E-state index in [0.717, 1.165) is 54.8 Å². The van der Waals surface area contributed by atoms with Gasteiger partial charge in [0.15, 0.2) is 0 Å². The van der Waals surface area contributed by atoms with Gasteiger partial charge in [0.25, 0.3) is 0 Å². The molecular formula is C27H36FN3O2S2. The lowest BCUT2D eigenvalue weighted by Crippen LogP contribution is -2.42. The molecule has 3 heterocycles. The number of aliphatic hydroxyl groups is 1. The number of pyridine rings is 1. The van der Waals surface area contributed by atoms with E-state index in [0.29, 0.717) is 24.2 Å². The average Bonchev–Trinajstić information content (AvgIpc) is 3.40. The minimum atomic E-state index is -1.14. The Bertz CT molecular complexity index is 1090. The number of halogens is 1. The van der Waals surface area contributed by atoms with Crippen LogP contribution in [0.3, 0.4) is 0 Å². The molecule has 4 rings (SSSR count). The highest BCUT2D eigenvalue weighted by Gasteiger charge is 2.35. The van der Waals surface area contributed by atoms with Crippen molar-refractivity contribution in [3.63, 3.8) is 0 Å². The summed E-state index contributed by atoms with van der Waals surface area (Å²) in [6, 6.07) is 9.88. The Balaban J connectivity index is 1.40. The summed E-state index contributed by atoms with van der Waals surface area (Å²) < 4.78 is 22.7. The van der Waals surface area contributed by atoms with Gasteiger partial charge < -0.3 is 19.6 Å². The van der Waals surface area contributed by atoms with Crippen LogP contribution in [0.1, 0.15) is 37.4 Å². The molecule has 1 aliphatic rings. The summed E-state index contributed by atoms with van der Waals surface area (Å²) in [7, 11) is 5.46. The van der Waals surface area contributed by atoms with Gasteiger partial charge in [-0.2, -0.15) is 0 Å². The van der Waals surface area contributed by atoms with Crippen LogP contribution in [0.5, 0.6) is 5.75 Å². The van der Waals surface area contributed by atoms with Crippen LogP contribution < -0.4 is 9.64 Å². The SMILES string of the molecule is COc1ccc2ncc(N(C)C)c([C@@H](F)CCC3(CO)CCN(CCSc4cccs4)CC3)c2c1. The number of alkyl halides is 1. The van der Waals surface area contributed by atoms with Gasteiger partial charge in [-0.25, -0.2) is 4.39 Å². The lowest BCUT2D eigenvalue weighted by atomic mass is 9.74. The van der Waals surface area contributed by atoms with E-state index >= 15 is 4.39 Å². The second-order valence-electron chi connectivity index (χ2n) is 9.62. The van der Waals surface area contributed by atoms with Crippen molar-refractivity contribution in [2.45, 2.75) is 36.1 Å². The molecule has 0 bridgehead atoms. The number of likely N-dealkylation sites (tertiary alicyclic amines) is 1. The Morgan fingerprint density at radius 2 is 2.09 bits per heavy atom. The third kappa shape index (κ3) is 6.28. The predicted molar refractivity (Wildman–Crippen MR) is 146 cm³/mol. The highest BCUT2D eigenvalue weighted by molar-refractivity contribution is 8.01. The van der Waals surface area contributed by atoms with E-state index in [9.17, 15) is 5.11 Å². The van der Waals surface area contributed by atoms with Crippen LogP contribution in [0, 0.1) is 5.41 Å². The zero-order chi connectivity index (χ0) is 24.8. The number of benzene rings is 1. The minimum Gasteiger partial charge on any atom is -0.497 e. The van der Waals surface area contributed by atoms with Crippen molar-refractivity contribution in [3.8, 4) is 5.75 Å². The van der Waals surface area contributed by atoms with E-state index in [1.807, 2.05) is 49.0 Å². The molecule has 1 aliphatic heterocycles. The maximum atomic E-state index is 16.0. The Morgan fingerprint density at radius 3 is 2.74 bits per heavy atom. The number of ether oxygens (including phenoxy) is 1. The van der Waals surface area contributed by atoms with E-state index in [1.165, 1.54) is 4.21 Å². The van der Waals surface area contributed by atoms with Gasteiger partial charge in [-0.15, -0.1) is 23.1 Å². The summed E-state index contributed by atoms with van der Waals surface area (Å²) in [6.45, 7) is 3.08. The van der Waals surface area contributed by atoms with Crippen LogP contribution in [0.2, 0.25) is 0 Å². The number of piperidine rings is 1. The Hall–Kier alpha value is -1.87. The molecule has 1 N–H and O–H groups in total. The highest BCUT2D eigenvalue weighted by Crippen LogP contribution is 2.42. The minimum absolute atomic E-state index is 0.114. The van der Waals surface area contributed by atoms with Crippen LogP contribution >= 0.6 is 23.1 Å². The third-order valence-electron chi connectivity index (χ3n) is 7.22. The van der Waals surface area contributed by atoms with Crippen LogP contribution in [0.15, 0.2) is 46.1 Å². The fourth-order valence-electron chi connectivity index (χ4n) is 4.93. The highest BCUT2D eigenvalue weighted by atomic mass is 32.2. The maximum absolute atomic E-state index is 16.0. The lowest BCUT2D eigenvalue weighted by molar-refractivity contribution is 0.0323. The van der Waals surface area contributed by atoms with Gasteiger partial charge in [-0.1, -0.05) is 6.07 Å². The first-order chi connectivity index (χ1) is 16.9. The largest absolute Gasteiger partial charge is 0.497 e. The van der Waals surface area contributed by atoms with Crippen LogP contribution in [0.4, 0.5) is 10.1 Å². The normalized spacial score (nSPS) is 16.9. The molecule has 0 unspecified atom stereocenters. The molecule has 190 valence electrons. The van der Waals surface area contributed by atoms with Crippen molar-refractivity contribution in [2.75, 3.05) is 58.1 Å². The zero-order valence-electron chi connectivity index (χ0n) is 20.9. The number of fused-ring (bicyclic) bond motifs is 1. The molecule has 35 heavy (non-hydrogen) atoms. The number of rotatable bonds is 11. The Kier molecular flexibility index (Phi) is 8.92. The van der Waals surface area contributed by atoms with Crippen molar-refractivity contribution in [1.29, 1.82) is 0 Å². The second-order valence-corrected chi connectivity index (χ2v) is 12.0. The standard InChI is InChI=1S/C27H36FN3O2S2/c1-30(2)24-18-29-23-7-6-20(33-3)17-21(23)26(24)22(28)8-9-27(19-32)10-12-31(13-11-27)14-16-35-25-5-4-15-34-25/h4-7,15,17-18,22,32H,8-14,16,19H2,1-3H3/t22-/m0/s1. The van der Waals surface area contributed by atoms with Gasteiger partial charge in [0.1, 0.15) is 11.9 Å². The number of thioether (sulfide) groups is 1. The fourth-order valence-corrected chi connectivity index (χ4v) is 6.79. The molecule has 2 aromatic heterocycles. The van der Waals surface area contributed by atoms with Crippen molar-refractivity contribution < 1.29 is 14.2 Å². The van der Waals surface area contributed by atoms with Gasteiger partial charge in [0.05, 0.1) is 28.7 Å². The average molecular weight is 518 g/mol. The maximum Gasteiger partial charge on any atom is 0.128 e. The summed E-state index contributed by atoms with van der Waals surface area (Å²) in [4.78, 5) is 8.94. The molecule has 1 saturated heterocycles. The number of anilines is 1. The molecule has 5 nitrogen and oxygen atoms in total. The molecule has 0 amide bonds. The number of thiophene rings is 1. The molecule has 3 aromatic rings. The van der Waals surface area contributed by atoms with Crippen LogP contribution in [-0.4, -0.2) is 68.2 Å². The fraction of sp³-hybridized carbons (Fsp3) is 0.519. The second kappa shape index (κ2) is 11.9. The number of nitrogens with zero attached hydrogens (tertiary/aromatic N) is 3. The molecule has 0 spiro atoms. The van der Waals surface area contributed by atoms with Crippen molar-refractivity contribution in [2.24, 2.45) is 5.41 Å². The number of aliphatic hydroxyl groups excluding tert-OH is 1. The lowest BCUT2D eigenvalue weighted by Gasteiger charge is -2.41. The molecule has 1 aromatic carbocycles. The van der Waals surface area contributed by atoms with Gasteiger partial charge in [0, 0.05) is 43.9 Å². The number of aromatic nitrogens is 1. The Labute approximate surface area is 216 Å². The van der Waals surface area contributed by atoms with Crippen molar-refractivity contribution >= 4 is 39.7 Å². The summed E-state index contributed by atoms with van der Waals surface area (Å²) in [5.41, 5.74) is 2.00. The third-order valence-corrected chi connectivity index (χ3v) is 9.33. The predicted octanol–water partition coefficient (Wildman–Crippen LogP) is 6.03. The van der Waals surface area contributed by atoms with Crippen LogP contribution in [0.25, 0.3) is 10.9 Å². The first-order valence-corrected chi connectivity index (χ1v) is 14.1. The topological polar surface area (TPSA) is 48.8 Å².